The lowest BCUT2D eigenvalue weighted by molar-refractivity contribution is -0.161. The predicted molar refractivity (Wildman–Crippen MR) is 344 cm³/mol. The standard InChI is InChI=1S/C73H136O5/c1-3-5-7-9-11-13-15-17-19-21-23-25-27-29-31-33-34-35-36-37-38-40-41-43-45-47-49-51-53-55-57-59-61-63-65-67-72(75)77-70-71(69-74)78-73(76)68-66-64-62-60-58-56-54-52-50-48-46-44-42-39-32-30-28-26-24-22-20-18-16-14-12-10-8-6-4-2/h16,18,21-24,28,30,71,74H,3-15,17,19-20,25-27,29,31-70H2,1-2H3/b18-16-,23-21-,24-22-,30-28-. The first-order chi connectivity index (χ1) is 38.6. The number of allylic oxidation sites excluding steroid dienone is 8. The van der Waals surface area contributed by atoms with Crippen LogP contribution in [0.25, 0.3) is 0 Å². The largest absolute Gasteiger partial charge is 0.462 e. The van der Waals surface area contributed by atoms with Gasteiger partial charge >= 0.3 is 11.9 Å². The zero-order valence-electron chi connectivity index (χ0n) is 52.7. The number of ether oxygens (including phenoxy) is 2. The Bertz CT molecular complexity index is 1280. The van der Waals surface area contributed by atoms with Gasteiger partial charge < -0.3 is 14.6 Å². The maximum atomic E-state index is 12.4. The minimum absolute atomic E-state index is 0.0615. The maximum absolute atomic E-state index is 12.4. The first kappa shape index (κ1) is 75.9. The Morgan fingerprint density at radius 1 is 0.295 bits per heavy atom. The summed E-state index contributed by atoms with van der Waals surface area (Å²) in [6.07, 6.45) is 92.9. The summed E-state index contributed by atoms with van der Waals surface area (Å²) in [5.74, 6) is -0.571. The van der Waals surface area contributed by atoms with Crippen molar-refractivity contribution < 1.29 is 24.2 Å². The fraction of sp³-hybridized carbons (Fsp3) is 0.863. The zero-order chi connectivity index (χ0) is 56.2. The third-order valence-electron chi connectivity index (χ3n) is 16.1. The van der Waals surface area contributed by atoms with Gasteiger partial charge in [0.25, 0.3) is 0 Å². The fourth-order valence-electron chi connectivity index (χ4n) is 10.8. The van der Waals surface area contributed by atoms with Crippen LogP contribution in [0.5, 0.6) is 0 Å². The molecule has 0 saturated carbocycles. The molecule has 0 aliphatic carbocycles. The van der Waals surface area contributed by atoms with Crippen molar-refractivity contribution in [2.24, 2.45) is 0 Å². The maximum Gasteiger partial charge on any atom is 0.306 e. The summed E-state index contributed by atoms with van der Waals surface area (Å²) in [6.45, 7) is 4.18. The van der Waals surface area contributed by atoms with Crippen molar-refractivity contribution in [3.63, 3.8) is 0 Å². The van der Waals surface area contributed by atoms with Crippen LogP contribution in [0.3, 0.4) is 0 Å². The molecule has 0 spiro atoms. The van der Waals surface area contributed by atoms with Crippen LogP contribution in [0, 0.1) is 0 Å². The smallest absolute Gasteiger partial charge is 0.306 e. The van der Waals surface area contributed by atoms with Crippen LogP contribution in [0.15, 0.2) is 48.6 Å². The van der Waals surface area contributed by atoms with Crippen LogP contribution in [-0.4, -0.2) is 36.4 Å². The predicted octanol–water partition coefficient (Wildman–Crippen LogP) is 24.3. The second-order valence-corrected chi connectivity index (χ2v) is 24.0. The van der Waals surface area contributed by atoms with Gasteiger partial charge in [-0.05, 0) is 77.0 Å². The van der Waals surface area contributed by atoms with Gasteiger partial charge in [-0.2, -0.15) is 0 Å². The molecule has 5 nitrogen and oxygen atoms in total. The Kier molecular flexibility index (Phi) is 67.2. The summed E-state index contributed by atoms with van der Waals surface area (Å²) in [5.41, 5.74) is 0. The Morgan fingerprint density at radius 2 is 0.513 bits per heavy atom. The van der Waals surface area contributed by atoms with E-state index < -0.39 is 6.10 Å². The summed E-state index contributed by atoms with van der Waals surface area (Å²) in [5, 5.41) is 9.70. The van der Waals surface area contributed by atoms with Crippen LogP contribution in [0.1, 0.15) is 386 Å². The number of carbonyl (C=O) groups excluding carboxylic acids is 2. The molecule has 0 aromatic heterocycles. The Morgan fingerprint density at radius 3 is 0.782 bits per heavy atom. The average molecular weight is 1090 g/mol. The molecule has 0 radical (unpaired) electrons. The van der Waals surface area contributed by atoms with Crippen molar-refractivity contribution >= 4 is 11.9 Å². The van der Waals surface area contributed by atoms with Gasteiger partial charge in [-0.3, -0.25) is 9.59 Å². The number of aliphatic hydroxyl groups is 1. The lowest BCUT2D eigenvalue weighted by Gasteiger charge is -2.15. The Labute approximate surface area is 488 Å². The summed E-state index contributed by atoms with van der Waals surface area (Å²) in [6, 6.07) is 0. The van der Waals surface area contributed by atoms with E-state index >= 15 is 0 Å². The second-order valence-electron chi connectivity index (χ2n) is 24.0. The third kappa shape index (κ3) is 66.4. The van der Waals surface area contributed by atoms with E-state index in [0.29, 0.717) is 12.8 Å². The number of esters is 2. The minimum Gasteiger partial charge on any atom is -0.462 e. The monoisotopic (exact) mass is 1090 g/mol. The number of carbonyl (C=O) groups is 2. The third-order valence-corrected chi connectivity index (χ3v) is 16.1. The first-order valence-electron chi connectivity index (χ1n) is 35.2. The summed E-state index contributed by atoms with van der Waals surface area (Å²) < 4.78 is 10.8. The van der Waals surface area contributed by atoms with E-state index in [0.717, 1.165) is 51.4 Å². The summed E-state index contributed by atoms with van der Waals surface area (Å²) >= 11 is 0. The van der Waals surface area contributed by atoms with E-state index in [9.17, 15) is 14.7 Å². The lowest BCUT2D eigenvalue weighted by Crippen LogP contribution is -2.28. The van der Waals surface area contributed by atoms with Crippen LogP contribution in [-0.2, 0) is 19.1 Å². The molecule has 78 heavy (non-hydrogen) atoms. The van der Waals surface area contributed by atoms with Crippen molar-refractivity contribution in [3.8, 4) is 0 Å². The highest BCUT2D eigenvalue weighted by Crippen LogP contribution is 2.19. The van der Waals surface area contributed by atoms with Crippen molar-refractivity contribution in [1.29, 1.82) is 0 Å². The minimum atomic E-state index is -0.772. The topological polar surface area (TPSA) is 72.8 Å². The number of aliphatic hydroxyl groups excluding tert-OH is 1. The molecule has 0 saturated heterocycles. The second kappa shape index (κ2) is 69.1. The molecule has 0 rings (SSSR count). The average Bonchev–Trinajstić information content (AvgIpc) is 3.44. The van der Waals surface area contributed by atoms with Gasteiger partial charge in [-0.15, -0.1) is 0 Å². The van der Waals surface area contributed by atoms with E-state index in [-0.39, 0.29) is 25.2 Å². The van der Waals surface area contributed by atoms with Gasteiger partial charge in [0.1, 0.15) is 6.61 Å². The van der Waals surface area contributed by atoms with Gasteiger partial charge in [0, 0.05) is 12.8 Å². The van der Waals surface area contributed by atoms with Crippen molar-refractivity contribution in [1.82, 2.24) is 0 Å². The van der Waals surface area contributed by atoms with Crippen LogP contribution in [0.2, 0.25) is 0 Å². The van der Waals surface area contributed by atoms with Crippen molar-refractivity contribution in [2.75, 3.05) is 13.2 Å². The van der Waals surface area contributed by atoms with Gasteiger partial charge in [-0.1, -0.05) is 345 Å². The highest BCUT2D eigenvalue weighted by molar-refractivity contribution is 5.70. The molecule has 458 valence electrons. The van der Waals surface area contributed by atoms with E-state index in [2.05, 4.69) is 62.5 Å². The van der Waals surface area contributed by atoms with Gasteiger partial charge in [0.2, 0.25) is 0 Å². The van der Waals surface area contributed by atoms with E-state index in [1.54, 1.807) is 0 Å². The first-order valence-corrected chi connectivity index (χ1v) is 35.2. The SMILES string of the molecule is CCCCCCC/C=C\C/C=C\C/C=C\CCCCCCCCCCCCCCCCC(=O)OC(CO)COC(=O)CCCCCCCCCCCCCCCCCCCCCCCCC/C=C\CCCCCCCCCC. The number of hydrogen-bond donors (Lipinski definition) is 1. The molecule has 0 heterocycles. The summed E-state index contributed by atoms with van der Waals surface area (Å²) in [4.78, 5) is 24.6. The lowest BCUT2D eigenvalue weighted by atomic mass is 10.0. The molecular formula is C73H136O5. The van der Waals surface area contributed by atoms with Crippen molar-refractivity contribution in [3.05, 3.63) is 48.6 Å². The van der Waals surface area contributed by atoms with Gasteiger partial charge in [0.15, 0.2) is 6.10 Å². The van der Waals surface area contributed by atoms with E-state index in [1.807, 2.05) is 0 Å². The number of unbranched alkanes of at least 4 members (excludes halogenated alkanes) is 50. The molecule has 0 bridgehead atoms. The molecule has 1 N–H and O–H groups in total. The molecular weight excluding hydrogens is 957 g/mol. The van der Waals surface area contributed by atoms with Crippen molar-refractivity contribution in [2.45, 2.75) is 392 Å². The Hall–Kier alpha value is -2.14. The van der Waals surface area contributed by atoms with Crippen LogP contribution in [0.4, 0.5) is 0 Å². The molecule has 0 fully saturated rings. The van der Waals surface area contributed by atoms with E-state index in [4.69, 9.17) is 9.47 Å². The molecule has 0 amide bonds. The normalized spacial score (nSPS) is 12.4. The molecule has 0 aliphatic rings. The Balaban J connectivity index is 3.40. The number of rotatable bonds is 66. The van der Waals surface area contributed by atoms with Gasteiger partial charge in [0.05, 0.1) is 6.61 Å². The fourth-order valence-corrected chi connectivity index (χ4v) is 10.8. The molecule has 1 unspecified atom stereocenters. The quantitative estimate of drug-likeness (QED) is 0.0373. The highest BCUT2D eigenvalue weighted by Gasteiger charge is 2.16. The molecule has 0 aromatic rings. The van der Waals surface area contributed by atoms with E-state index in [1.165, 1.54) is 308 Å². The molecule has 0 aliphatic heterocycles. The van der Waals surface area contributed by atoms with Crippen LogP contribution < -0.4 is 0 Å². The van der Waals surface area contributed by atoms with Crippen LogP contribution >= 0.6 is 0 Å². The number of hydrogen-bond acceptors (Lipinski definition) is 5. The molecule has 1 atom stereocenters. The highest BCUT2D eigenvalue weighted by atomic mass is 16.6. The molecule has 0 aromatic carbocycles. The zero-order valence-corrected chi connectivity index (χ0v) is 52.7. The summed E-state index contributed by atoms with van der Waals surface area (Å²) in [7, 11) is 0. The molecule has 5 heteroatoms. The van der Waals surface area contributed by atoms with Gasteiger partial charge in [-0.25, -0.2) is 0 Å².